The molecule has 0 radical (unpaired) electrons. The fourth-order valence-electron chi connectivity index (χ4n) is 5.12. The minimum atomic E-state index is -4.23. The Labute approximate surface area is 245 Å². The van der Waals surface area contributed by atoms with Crippen LogP contribution < -0.4 is 9.46 Å². The molecule has 1 aromatic carbocycles. The van der Waals surface area contributed by atoms with Gasteiger partial charge in [-0.05, 0) is 42.9 Å². The van der Waals surface area contributed by atoms with Gasteiger partial charge in [0.05, 0.1) is 24.0 Å². The van der Waals surface area contributed by atoms with E-state index in [1.165, 1.54) is 19.4 Å². The zero-order chi connectivity index (χ0) is 30.2. The van der Waals surface area contributed by atoms with Crippen molar-refractivity contribution in [1.82, 2.24) is 34.6 Å². The molecule has 4 heterocycles. The molecule has 0 spiro atoms. The minimum Gasteiger partial charge on any atom is -0.475 e. The maximum absolute atomic E-state index is 14.0. The largest absolute Gasteiger partial charge is 0.475 e. The van der Waals surface area contributed by atoms with Crippen molar-refractivity contribution in [3.05, 3.63) is 71.4 Å². The van der Waals surface area contributed by atoms with E-state index in [0.717, 1.165) is 21.4 Å². The molecule has 42 heavy (non-hydrogen) atoms. The van der Waals surface area contributed by atoms with E-state index in [-0.39, 0.29) is 41.1 Å². The van der Waals surface area contributed by atoms with Gasteiger partial charge in [0.25, 0.3) is 15.9 Å². The molecule has 0 saturated carbocycles. The highest BCUT2D eigenvalue weighted by molar-refractivity contribution is 7.92. The first kappa shape index (κ1) is 29.1. The number of fused-ring (bicyclic) bond motifs is 4. The first-order chi connectivity index (χ1) is 19.8. The number of rotatable bonds is 4. The number of hydrogen-bond acceptors (Lipinski definition) is 9. The van der Waals surface area contributed by atoms with Crippen molar-refractivity contribution in [1.29, 1.82) is 0 Å². The third kappa shape index (κ3) is 6.25. The van der Waals surface area contributed by atoms with E-state index in [4.69, 9.17) is 4.74 Å². The molecule has 5 rings (SSSR count). The summed E-state index contributed by atoms with van der Waals surface area (Å²) in [5.74, 6) is -0.418. The highest BCUT2D eigenvalue weighted by Gasteiger charge is 2.33. The van der Waals surface area contributed by atoms with Gasteiger partial charge in [0.1, 0.15) is 12.9 Å². The number of benzene rings is 1. The van der Waals surface area contributed by atoms with Crippen LogP contribution in [0.1, 0.15) is 54.5 Å². The number of amides is 1. The molecule has 0 aliphatic carbocycles. The highest BCUT2D eigenvalue weighted by Crippen LogP contribution is 2.31. The van der Waals surface area contributed by atoms with E-state index < -0.39 is 22.0 Å². The number of anilines is 1. The molecule has 1 aliphatic heterocycles. The van der Waals surface area contributed by atoms with Crippen LogP contribution in [-0.4, -0.2) is 61.6 Å². The summed E-state index contributed by atoms with van der Waals surface area (Å²) in [4.78, 5) is 33.0. The maximum Gasteiger partial charge on any atom is 0.281 e. The lowest BCUT2D eigenvalue weighted by Gasteiger charge is -2.35. The number of sulfonamides is 1. The molecule has 1 atom stereocenters. The average molecular weight is 591 g/mol. The summed E-state index contributed by atoms with van der Waals surface area (Å²) in [6.07, 6.45) is 3.60. The molecule has 4 aromatic rings. The van der Waals surface area contributed by atoms with Crippen LogP contribution in [0, 0.1) is 19.3 Å². The number of nitrogens with one attached hydrogen (secondary N) is 1. The van der Waals surface area contributed by atoms with E-state index in [1.54, 1.807) is 23.2 Å². The lowest BCUT2D eigenvalue weighted by Crippen LogP contribution is -2.45. The van der Waals surface area contributed by atoms with Crippen molar-refractivity contribution in [2.75, 3.05) is 11.3 Å². The normalized spacial score (nSPS) is 17.0. The second-order valence-electron chi connectivity index (χ2n) is 11.6. The average Bonchev–Trinajstić information content (AvgIpc) is 3.31. The van der Waals surface area contributed by atoms with Gasteiger partial charge in [-0.2, -0.15) is 18.5 Å². The molecule has 13 heteroatoms. The number of aromatic nitrogens is 6. The summed E-state index contributed by atoms with van der Waals surface area (Å²) >= 11 is 0. The van der Waals surface area contributed by atoms with Crippen molar-refractivity contribution in [2.24, 2.45) is 12.5 Å². The van der Waals surface area contributed by atoms with Crippen LogP contribution in [0.5, 0.6) is 5.88 Å². The Hall–Kier alpha value is -4.39. The summed E-state index contributed by atoms with van der Waals surface area (Å²) in [5.41, 5.74) is 3.71. The number of carbonyl (C=O) groups excluding carboxylic acids is 1. The van der Waals surface area contributed by atoms with Gasteiger partial charge >= 0.3 is 0 Å². The van der Waals surface area contributed by atoms with Crippen LogP contribution in [0.4, 0.5) is 5.95 Å². The predicted molar refractivity (Wildman–Crippen MR) is 156 cm³/mol. The second kappa shape index (κ2) is 11.1. The molecule has 0 fully saturated rings. The van der Waals surface area contributed by atoms with E-state index in [1.807, 2.05) is 32.0 Å². The molecule has 0 saturated heterocycles. The van der Waals surface area contributed by atoms with Gasteiger partial charge in [-0.1, -0.05) is 39.0 Å². The molecule has 12 nitrogen and oxygen atoms in total. The summed E-state index contributed by atoms with van der Waals surface area (Å²) in [6, 6.07) is 10.1. The lowest BCUT2D eigenvalue weighted by atomic mass is 9.87. The van der Waals surface area contributed by atoms with E-state index >= 15 is 0 Å². The Morgan fingerprint density at radius 3 is 2.48 bits per heavy atom. The number of hydrogen-bond donors (Lipinski definition) is 1. The van der Waals surface area contributed by atoms with Gasteiger partial charge in [-0.25, -0.2) is 19.7 Å². The van der Waals surface area contributed by atoms with Gasteiger partial charge in [0, 0.05) is 30.9 Å². The third-order valence-electron chi connectivity index (χ3n) is 6.95. The van der Waals surface area contributed by atoms with E-state index in [0.29, 0.717) is 17.8 Å². The summed E-state index contributed by atoms with van der Waals surface area (Å²) in [5, 5.41) is 4.08. The van der Waals surface area contributed by atoms with Crippen LogP contribution in [0.3, 0.4) is 0 Å². The SMILES string of the molecule is Cc1cccc(C)c1-c1cc2nc(n1)NS(=O)(=O)c1cc(nn1C)C(=O)N(Cc1ccncn1)[C@H](CC(C)(C)C)CO2. The van der Waals surface area contributed by atoms with Crippen LogP contribution in [-0.2, 0) is 23.6 Å². The van der Waals surface area contributed by atoms with Gasteiger partial charge in [-0.3, -0.25) is 9.48 Å². The summed E-state index contributed by atoms with van der Waals surface area (Å²) in [6.45, 7) is 10.4. The topological polar surface area (TPSA) is 145 Å². The lowest BCUT2D eigenvalue weighted by molar-refractivity contribution is 0.0503. The zero-order valence-corrected chi connectivity index (χ0v) is 25.3. The van der Waals surface area contributed by atoms with Gasteiger partial charge in [-0.15, -0.1) is 0 Å². The summed E-state index contributed by atoms with van der Waals surface area (Å²) in [7, 11) is -2.76. The molecule has 1 aliphatic rings. The highest BCUT2D eigenvalue weighted by atomic mass is 32.2. The zero-order valence-electron chi connectivity index (χ0n) is 24.5. The van der Waals surface area contributed by atoms with Crippen molar-refractivity contribution in [2.45, 2.75) is 58.7 Å². The Kier molecular flexibility index (Phi) is 7.71. The number of ether oxygens (including phenoxy) is 1. The fourth-order valence-corrected chi connectivity index (χ4v) is 6.21. The molecule has 3 aromatic heterocycles. The van der Waals surface area contributed by atoms with E-state index in [9.17, 15) is 13.2 Å². The van der Waals surface area contributed by atoms with Crippen molar-refractivity contribution < 1.29 is 17.9 Å². The number of nitrogens with zero attached hydrogens (tertiary/aromatic N) is 7. The Bertz CT molecular complexity index is 1710. The Balaban J connectivity index is 1.68. The monoisotopic (exact) mass is 590 g/mol. The Morgan fingerprint density at radius 1 is 1.07 bits per heavy atom. The number of aryl methyl sites for hydroxylation is 3. The van der Waals surface area contributed by atoms with Crippen molar-refractivity contribution in [3.63, 3.8) is 0 Å². The van der Waals surface area contributed by atoms with Crippen molar-refractivity contribution >= 4 is 21.9 Å². The second-order valence-corrected chi connectivity index (χ2v) is 13.3. The fraction of sp³-hybridized carbons (Fsp3) is 0.379. The molecule has 1 amide bonds. The first-order valence-corrected chi connectivity index (χ1v) is 15.0. The molecule has 4 bridgehead atoms. The first-order valence-electron chi connectivity index (χ1n) is 13.5. The quantitative estimate of drug-likeness (QED) is 0.374. The third-order valence-corrected chi connectivity index (χ3v) is 8.33. The molecular weight excluding hydrogens is 556 g/mol. The molecular formula is C29H34N8O4S. The van der Waals surface area contributed by atoms with Crippen LogP contribution >= 0.6 is 0 Å². The van der Waals surface area contributed by atoms with Gasteiger partial charge in [0.15, 0.2) is 10.7 Å². The smallest absolute Gasteiger partial charge is 0.281 e. The van der Waals surface area contributed by atoms with E-state index in [2.05, 4.69) is 50.5 Å². The number of carbonyl (C=O) groups is 1. The predicted octanol–water partition coefficient (Wildman–Crippen LogP) is 3.92. The Morgan fingerprint density at radius 2 is 1.81 bits per heavy atom. The van der Waals surface area contributed by atoms with Crippen LogP contribution in [0.2, 0.25) is 0 Å². The van der Waals surface area contributed by atoms with Gasteiger partial charge in [0.2, 0.25) is 11.8 Å². The minimum absolute atomic E-state index is 0.0195. The maximum atomic E-state index is 14.0. The summed E-state index contributed by atoms with van der Waals surface area (Å²) < 4.78 is 37.0. The van der Waals surface area contributed by atoms with Crippen LogP contribution in [0.25, 0.3) is 11.3 Å². The van der Waals surface area contributed by atoms with Crippen LogP contribution in [0.15, 0.2) is 53.9 Å². The molecule has 1 N–H and O–H groups in total. The molecule has 220 valence electrons. The molecule has 0 unspecified atom stereocenters. The van der Waals surface area contributed by atoms with Gasteiger partial charge < -0.3 is 9.64 Å². The standard InChI is InChI=1S/C29H34N8O4S/c1-18-8-7-9-19(2)26(18)22-12-24-33-28(32-22)35-42(39,40)25-13-23(34-36(25)6)27(38)37(15-20-10-11-30-17-31-20)21(16-41-24)14-29(3,4)5/h7-13,17,21H,14-16H2,1-6H3,(H,32,33,35)/t21-/m1/s1. The van der Waals surface area contributed by atoms with Crippen molar-refractivity contribution in [3.8, 4) is 17.1 Å².